The molecular weight excluding hydrogens is 314 g/mol. The predicted octanol–water partition coefficient (Wildman–Crippen LogP) is 4.49. The molecule has 25 heavy (non-hydrogen) atoms. The average Bonchev–Trinajstić information content (AvgIpc) is 2.62. The Kier molecular flexibility index (Phi) is 15.2. The summed E-state index contributed by atoms with van der Waals surface area (Å²) < 4.78 is 5.45. The van der Waals surface area contributed by atoms with Gasteiger partial charge in [0.2, 0.25) is 0 Å². The molecule has 4 N–H and O–H groups in total. The Labute approximate surface area is 155 Å². The average molecular weight is 358 g/mol. The molecule has 150 valence electrons. The molecular formula is C20H43N3O2. The summed E-state index contributed by atoms with van der Waals surface area (Å²) in [5.41, 5.74) is 5.15. The SMILES string of the molecule is CCCCCCCCOC(=O)[C@@](N)(CCCCCCCC)N(N)CC. The molecule has 0 saturated heterocycles. The van der Waals surface area contributed by atoms with Gasteiger partial charge in [0.05, 0.1) is 6.61 Å². The Morgan fingerprint density at radius 3 is 1.84 bits per heavy atom. The third-order valence-corrected chi connectivity index (χ3v) is 4.85. The van der Waals surface area contributed by atoms with Gasteiger partial charge in [0.1, 0.15) is 0 Å². The highest BCUT2D eigenvalue weighted by Crippen LogP contribution is 2.18. The van der Waals surface area contributed by atoms with E-state index in [1.807, 2.05) is 6.92 Å². The number of esters is 1. The summed E-state index contributed by atoms with van der Waals surface area (Å²) in [4.78, 5) is 12.5. The topological polar surface area (TPSA) is 81.6 Å². The Morgan fingerprint density at radius 1 is 0.840 bits per heavy atom. The largest absolute Gasteiger partial charge is 0.463 e. The number of nitrogens with zero attached hydrogens (tertiary/aromatic N) is 1. The van der Waals surface area contributed by atoms with Crippen molar-refractivity contribution in [3.8, 4) is 0 Å². The van der Waals surface area contributed by atoms with E-state index >= 15 is 0 Å². The van der Waals surface area contributed by atoms with Crippen LogP contribution in [0, 0.1) is 0 Å². The fourth-order valence-electron chi connectivity index (χ4n) is 2.99. The minimum absolute atomic E-state index is 0.376. The highest BCUT2D eigenvalue weighted by atomic mass is 16.5. The Hall–Kier alpha value is -0.650. The minimum Gasteiger partial charge on any atom is -0.463 e. The quantitative estimate of drug-likeness (QED) is 0.132. The zero-order valence-electron chi connectivity index (χ0n) is 17.0. The molecule has 0 amide bonds. The van der Waals surface area contributed by atoms with Gasteiger partial charge in [-0.1, -0.05) is 85.0 Å². The first-order valence-corrected chi connectivity index (χ1v) is 10.5. The van der Waals surface area contributed by atoms with Crippen LogP contribution < -0.4 is 11.6 Å². The summed E-state index contributed by atoms with van der Waals surface area (Å²) in [6, 6.07) is 0. The lowest BCUT2D eigenvalue weighted by Crippen LogP contribution is -2.64. The molecule has 0 bridgehead atoms. The summed E-state index contributed by atoms with van der Waals surface area (Å²) >= 11 is 0. The van der Waals surface area contributed by atoms with Crippen LogP contribution in [0.15, 0.2) is 0 Å². The van der Waals surface area contributed by atoms with Gasteiger partial charge in [0, 0.05) is 6.54 Å². The number of hydrogen-bond donors (Lipinski definition) is 2. The minimum atomic E-state index is -1.19. The van der Waals surface area contributed by atoms with Crippen LogP contribution >= 0.6 is 0 Å². The number of rotatable bonds is 17. The van der Waals surface area contributed by atoms with Crippen molar-refractivity contribution < 1.29 is 9.53 Å². The lowest BCUT2D eigenvalue weighted by Gasteiger charge is -2.35. The highest BCUT2D eigenvalue weighted by molar-refractivity contribution is 5.79. The van der Waals surface area contributed by atoms with Crippen molar-refractivity contribution in [1.82, 2.24) is 5.01 Å². The van der Waals surface area contributed by atoms with Crippen molar-refractivity contribution >= 4 is 5.97 Å². The smallest absolute Gasteiger partial charge is 0.342 e. The Morgan fingerprint density at radius 2 is 1.32 bits per heavy atom. The lowest BCUT2D eigenvalue weighted by molar-refractivity contribution is -0.159. The fraction of sp³-hybridized carbons (Fsp3) is 0.950. The second kappa shape index (κ2) is 15.6. The molecule has 0 aromatic carbocycles. The van der Waals surface area contributed by atoms with Crippen molar-refractivity contribution in [1.29, 1.82) is 0 Å². The van der Waals surface area contributed by atoms with Crippen LogP contribution in [0.3, 0.4) is 0 Å². The normalized spacial score (nSPS) is 13.8. The van der Waals surface area contributed by atoms with E-state index in [1.165, 1.54) is 56.4 Å². The molecule has 0 rings (SSSR count). The Balaban J connectivity index is 4.17. The van der Waals surface area contributed by atoms with Crippen LogP contribution in [0.25, 0.3) is 0 Å². The predicted molar refractivity (Wildman–Crippen MR) is 106 cm³/mol. The first kappa shape index (κ1) is 24.4. The van der Waals surface area contributed by atoms with Gasteiger partial charge >= 0.3 is 5.97 Å². The summed E-state index contributed by atoms with van der Waals surface area (Å²) in [5.74, 6) is 5.63. The maximum Gasteiger partial charge on any atom is 0.342 e. The second-order valence-electron chi connectivity index (χ2n) is 7.13. The van der Waals surface area contributed by atoms with Crippen molar-refractivity contribution in [3.63, 3.8) is 0 Å². The maximum atomic E-state index is 12.5. The molecule has 0 aliphatic rings. The van der Waals surface area contributed by atoms with E-state index in [4.69, 9.17) is 16.3 Å². The molecule has 0 aliphatic heterocycles. The third-order valence-electron chi connectivity index (χ3n) is 4.85. The zero-order valence-corrected chi connectivity index (χ0v) is 17.0. The summed E-state index contributed by atoms with van der Waals surface area (Å²) in [5, 5.41) is 1.43. The van der Waals surface area contributed by atoms with Crippen molar-refractivity contribution in [2.24, 2.45) is 11.6 Å². The number of ether oxygens (including phenoxy) is 1. The van der Waals surface area contributed by atoms with Gasteiger partial charge in [-0.25, -0.2) is 9.80 Å². The molecule has 1 atom stereocenters. The molecule has 0 heterocycles. The number of carbonyl (C=O) groups excluding carboxylic acids is 1. The third kappa shape index (κ3) is 10.8. The van der Waals surface area contributed by atoms with Crippen LogP contribution in [0.5, 0.6) is 0 Å². The van der Waals surface area contributed by atoms with Gasteiger partial charge in [-0.3, -0.25) is 5.84 Å². The number of hydrogen-bond acceptors (Lipinski definition) is 5. The monoisotopic (exact) mass is 357 g/mol. The van der Waals surface area contributed by atoms with E-state index in [2.05, 4.69) is 13.8 Å². The van der Waals surface area contributed by atoms with Gasteiger partial charge in [0.25, 0.3) is 0 Å². The molecule has 0 aromatic heterocycles. The lowest BCUT2D eigenvalue weighted by atomic mass is 10.0. The highest BCUT2D eigenvalue weighted by Gasteiger charge is 2.39. The van der Waals surface area contributed by atoms with Crippen molar-refractivity contribution in [2.75, 3.05) is 13.2 Å². The van der Waals surface area contributed by atoms with E-state index in [9.17, 15) is 4.79 Å². The van der Waals surface area contributed by atoms with Crippen molar-refractivity contribution in [2.45, 2.75) is 110 Å². The van der Waals surface area contributed by atoms with Crippen molar-refractivity contribution in [3.05, 3.63) is 0 Å². The van der Waals surface area contributed by atoms with Gasteiger partial charge in [-0.05, 0) is 19.3 Å². The maximum absolute atomic E-state index is 12.5. The second-order valence-corrected chi connectivity index (χ2v) is 7.13. The summed E-state index contributed by atoms with van der Waals surface area (Å²) in [7, 11) is 0. The van der Waals surface area contributed by atoms with E-state index < -0.39 is 5.66 Å². The number of carbonyl (C=O) groups is 1. The molecule has 0 aliphatic carbocycles. The van der Waals surface area contributed by atoms with Crippen LogP contribution in [-0.4, -0.2) is 29.8 Å². The molecule has 0 saturated carbocycles. The standard InChI is InChI=1S/C20H43N3O2/c1-4-7-9-11-13-15-17-20(21,23(22)6-3)19(24)25-18-16-14-12-10-8-5-2/h4-18,21-22H2,1-3H3/t20-/m1/s1. The number of unbranched alkanes of at least 4 members (excludes halogenated alkanes) is 10. The molecule has 5 heteroatoms. The first-order valence-electron chi connectivity index (χ1n) is 10.5. The van der Waals surface area contributed by atoms with E-state index in [1.54, 1.807) is 0 Å². The summed E-state index contributed by atoms with van der Waals surface area (Å²) in [6.07, 6.45) is 14.5. The molecule has 0 unspecified atom stereocenters. The molecule has 0 aromatic rings. The molecule has 5 nitrogen and oxygen atoms in total. The first-order chi connectivity index (χ1) is 12.0. The molecule has 0 fully saturated rings. The Bertz CT molecular complexity index is 326. The van der Waals surface area contributed by atoms with E-state index in [-0.39, 0.29) is 5.97 Å². The zero-order chi connectivity index (χ0) is 19.0. The van der Waals surface area contributed by atoms with E-state index in [0.29, 0.717) is 19.6 Å². The number of hydrazine groups is 1. The van der Waals surface area contributed by atoms with Gasteiger partial charge in [0.15, 0.2) is 5.66 Å². The van der Waals surface area contributed by atoms with Crippen LogP contribution in [0.1, 0.15) is 104 Å². The van der Waals surface area contributed by atoms with E-state index in [0.717, 1.165) is 25.7 Å². The van der Waals surface area contributed by atoms with Gasteiger partial charge in [-0.15, -0.1) is 0 Å². The summed E-state index contributed by atoms with van der Waals surface area (Å²) in [6.45, 7) is 7.29. The fourth-order valence-corrected chi connectivity index (χ4v) is 2.99. The van der Waals surface area contributed by atoms with Crippen LogP contribution in [0.2, 0.25) is 0 Å². The van der Waals surface area contributed by atoms with Gasteiger partial charge in [-0.2, -0.15) is 0 Å². The van der Waals surface area contributed by atoms with Gasteiger partial charge < -0.3 is 10.5 Å². The molecule has 0 spiro atoms. The van der Waals surface area contributed by atoms with Crippen LogP contribution in [0.4, 0.5) is 0 Å². The number of likely N-dealkylation sites (N-methyl/N-ethyl adjacent to an activating group) is 1. The molecule has 0 radical (unpaired) electrons. The number of nitrogens with two attached hydrogens (primary N) is 2. The van der Waals surface area contributed by atoms with Crippen LogP contribution in [-0.2, 0) is 9.53 Å².